The number of anilines is 1. The molecule has 3 aromatic rings. The fourth-order valence-electron chi connectivity index (χ4n) is 6.06. The number of benzene rings is 1. The largest absolute Gasteiger partial charge is 0.335 e. The van der Waals surface area contributed by atoms with Crippen LogP contribution in [0.2, 0.25) is 0 Å². The van der Waals surface area contributed by atoms with E-state index >= 15 is 0 Å². The highest BCUT2D eigenvalue weighted by atomic mass is 32.1. The van der Waals surface area contributed by atoms with Gasteiger partial charge in [0.15, 0.2) is 0 Å². The number of piperidine rings is 1. The van der Waals surface area contributed by atoms with Crippen LogP contribution in [0.5, 0.6) is 0 Å². The molecule has 1 N–H and O–H groups in total. The van der Waals surface area contributed by atoms with Gasteiger partial charge in [-0.1, -0.05) is 30.3 Å². The van der Waals surface area contributed by atoms with E-state index < -0.39 is 23.3 Å². The number of pyridine rings is 1. The molecule has 2 saturated heterocycles. The van der Waals surface area contributed by atoms with Crippen molar-refractivity contribution in [3.05, 3.63) is 87.0 Å². The number of nitrogens with one attached hydrogen (secondary N) is 1. The monoisotopic (exact) mass is 502 g/mol. The van der Waals surface area contributed by atoms with Crippen molar-refractivity contribution in [3.63, 3.8) is 0 Å². The van der Waals surface area contributed by atoms with Gasteiger partial charge in [-0.15, -0.1) is 11.3 Å². The van der Waals surface area contributed by atoms with Crippen LogP contribution in [0.25, 0.3) is 0 Å². The predicted octanol–water partition coefficient (Wildman–Crippen LogP) is 2.84. The third kappa shape index (κ3) is 3.79. The summed E-state index contributed by atoms with van der Waals surface area (Å²) < 4.78 is 1.87. The Morgan fingerprint density at radius 3 is 2.53 bits per heavy atom. The van der Waals surface area contributed by atoms with E-state index in [1.54, 1.807) is 36.4 Å². The zero-order chi connectivity index (χ0) is 24.9. The number of hydrogen-bond acceptors (Lipinski definition) is 6. The van der Waals surface area contributed by atoms with Crippen LogP contribution in [0.1, 0.15) is 22.9 Å². The Morgan fingerprint density at radius 1 is 0.917 bits per heavy atom. The number of nitrogens with zero attached hydrogens (tertiary/aromatic N) is 3. The number of imide groups is 2. The minimum absolute atomic E-state index is 0.0173. The van der Waals surface area contributed by atoms with E-state index in [1.807, 2.05) is 34.2 Å². The van der Waals surface area contributed by atoms with Gasteiger partial charge in [0.25, 0.3) is 11.5 Å². The van der Waals surface area contributed by atoms with E-state index in [9.17, 15) is 19.2 Å². The first-order valence-corrected chi connectivity index (χ1v) is 13.0. The predicted molar refractivity (Wildman–Crippen MR) is 136 cm³/mol. The van der Waals surface area contributed by atoms with E-state index in [0.29, 0.717) is 25.3 Å². The molecule has 0 unspecified atom stereocenters. The number of likely N-dealkylation sites (tertiary alicyclic amines) is 1. The number of hydrogen-bond donors (Lipinski definition) is 1. The molecule has 5 heterocycles. The lowest BCUT2D eigenvalue weighted by Crippen LogP contribution is -2.68. The van der Waals surface area contributed by atoms with Crippen LogP contribution in [0.15, 0.2) is 70.8 Å². The lowest BCUT2D eigenvalue weighted by molar-refractivity contribution is -0.144. The van der Waals surface area contributed by atoms with Crippen molar-refractivity contribution >= 4 is 34.9 Å². The van der Waals surface area contributed by atoms with E-state index in [0.717, 1.165) is 21.9 Å². The number of carbonyl (C=O) groups is 3. The van der Waals surface area contributed by atoms with Gasteiger partial charge in [0.05, 0.1) is 5.69 Å². The van der Waals surface area contributed by atoms with Crippen LogP contribution in [0, 0.1) is 11.3 Å². The van der Waals surface area contributed by atoms with Gasteiger partial charge in [-0.3, -0.25) is 19.7 Å². The normalized spacial score (nSPS) is 26.0. The second kappa shape index (κ2) is 8.83. The average Bonchev–Trinajstić information content (AvgIpc) is 3.37. The van der Waals surface area contributed by atoms with E-state index in [2.05, 4.69) is 10.2 Å². The Hall–Kier alpha value is -3.56. The number of carbonyl (C=O) groups excluding carboxylic acids is 3. The summed E-state index contributed by atoms with van der Waals surface area (Å²) in [4.78, 5) is 57.2. The van der Waals surface area contributed by atoms with Gasteiger partial charge in [-0.05, 0) is 42.0 Å². The second-order valence-electron chi connectivity index (χ2n) is 9.97. The Labute approximate surface area is 212 Å². The zero-order valence-electron chi connectivity index (χ0n) is 19.6. The summed E-state index contributed by atoms with van der Waals surface area (Å²) in [5.74, 6) is -0.642. The van der Waals surface area contributed by atoms with Gasteiger partial charge in [0.1, 0.15) is 5.41 Å². The van der Waals surface area contributed by atoms with Gasteiger partial charge in [0, 0.05) is 55.2 Å². The summed E-state index contributed by atoms with van der Waals surface area (Å²) in [6, 6.07) is 17.2. The van der Waals surface area contributed by atoms with Crippen molar-refractivity contribution in [1.82, 2.24) is 14.8 Å². The molecule has 3 atom stereocenters. The summed E-state index contributed by atoms with van der Waals surface area (Å²) in [5, 5.41) is 4.41. The van der Waals surface area contributed by atoms with Crippen molar-refractivity contribution in [1.29, 1.82) is 0 Å². The molecule has 0 spiro atoms. The van der Waals surface area contributed by atoms with Crippen LogP contribution in [0.4, 0.5) is 10.5 Å². The second-order valence-corrected chi connectivity index (χ2v) is 11.0. The van der Waals surface area contributed by atoms with Crippen molar-refractivity contribution < 1.29 is 14.4 Å². The molecule has 36 heavy (non-hydrogen) atoms. The maximum absolute atomic E-state index is 14.1. The van der Waals surface area contributed by atoms with Gasteiger partial charge < -0.3 is 9.47 Å². The molecule has 0 radical (unpaired) electrons. The average molecular weight is 503 g/mol. The van der Waals surface area contributed by atoms with Crippen molar-refractivity contribution in [3.8, 4) is 0 Å². The number of rotatable bonds is 5. The zero-order valence-corrected chi connectivity index (χ0v) is 20.4. The molecule has 2 fully saturated rings. The lowest BCUT2D eigenvalue weighted by Gasteiger charge is -2.47. The van der Waals surface area contributed by atoms with E-state index in [-0.39, 0.29) is 30.4 Å². The number of aromatic nitrogens is 1. The highest BCUT2D eigenvalue weighted by Crippen LogP contribution is 2.39. The van der Waals surface area contributed by atoms with Gasteiger partial charge in [-0.25, -0.2) is 9.69 Å². The van der Waals surface area contributed by atoms with Crippen LogP contribution in [-0.4, -0.2) is 46.9 Å². The number of urea groups is 1. The third-order valence-corrected chi connectivity index (χ3v) is 8.47. The van der Waals surface area contributed by atoms with Crippen LogP contribution in [-0.2, 0) is 22.6 Å². The Kier molecular flexibility index (Phi) is 5.61. The maximum Gasteiger partial charge on any atom is 0.335 e. The lowest BCUT2D eigenvalue weighted by atomic mass is 9.77. The summed E-state index contributed by atoms with van der Waals surface area (Å²) in [6.07, 6.45) is 1.19. The first-order valence-electron chi connectivity index (χ1n) is 12.1. The summed E-state index contributed by atoms with van der Waals surface area (Å²) in [6.45, 7) is 2.17. The summed E-state index contributed by atoms with van der Waals surface area (Å²) in [5.41, 5.74) is 0.0168. The first-order chi connectivity index (χ1) is 17.4. The molecule has 0 aliphatic carbocycles. The molecule has 8 nitrogen and oxygen atoms in total. The van der Waals surface area contributed by atoms with Crippen molar-refractivity contribution in [2.24, 2.45) is 11.3 Å². The quantitative estimate of drug-likeness (QED) is 0.542. The molecule has 1 aromatic carbocycles. The number of fused-ring (bicyclic) bond motifs is 4. The van der Waals surface area contributed by atoms with Gasteiger partial charge in [-0.2, -0.15) is 0 Å². The molecule has 184 valence electrons. The Balaban J connectivity index is 1.36. The van der Waals surface area contributed by atoms with Gasteiger partial charge in [0.2, 0.25) is 5.91 Å². The maximum atomic E-state index is 14.1. The fraction of sp³-hybridized carbons (Fsp3) is 0.333. The molecule has 0 saturated carbocycles. The molecule has 6 rings (SSSR count). The van der Waals surface area contributed by atoms with Crippen LogP contribution in [0.3, 0.4) is 0 Å². The van der Waals surface area contributed by atoms with Gasteiger partial charge >= 0.3 is 6.03 Å². The third-order valence-electron chi connectivity index (χ3n) is 7.59. The molecule has 9 heteroatoms. The molecule has 3 aliphatic rings. The van der Waals surface area contributed by atoms with Crippen LogP contribution >= 0.6 is 11.3 Å². The topological polar surface area (TPSA) is 91.7 Å². The fourth-order valence-corrected chi connectivity index (χ4v) is 6.87. The Morgan fingerprint density at radius 2 is 1.75 bits per heavy atom. The SMILES string of the molecule is O=C1NC(=O)[C@@](Cc2cccs2)(CN2C[C@@H]3C[C@H](C2)c2cccc(=O)n2C3)C(=O)N1c1ccccc1. The minimum atomic E-state index is -1.45. The number of amides is 4. The van der Waals surface area contributed by atoms with E-state index in [4.69, 9.17) is 0 Å². The molecule has 3 aliphatic heterocycles. The van der Waals surface area contributed by atoms with Crippen LogP contribution < -0.4 is 15.8 Å². The smallest absolute Gasteiger partial charge is 0.312 e. The summed E-state index contributed by atoms with van der Waals surface area (Å²) in [7, 11) is 0. The minimum Gasteiger partial charge on any atom is -0.312 e. The van der Waals surface area contributed by atoms with Crippen molar-refractivity contribution in [2.75, 3.05) is 24.5 Å². The molecule has 2 aromatic heterocycles. The number of thiophene rings is 1. The molecular weight excluding hydrogens is 476 g/mol. The Bertz CT molecular complexity index is 1390. The first kappa shape index (κ1) is 22.9. The standard InChI is InChI=1S/C27H26N4O4S/c32-23-10-4-9-22-19-12-18(15-30(22)23)14-29(16-19)17-27(13-21-8-5-11-36-21)24(33)28-26(35)31(25(27)34)20-6-2-1-3-7-20/h1-11,18-19H,12-17H2,(H,28,33,35)/t18-,19+,27+/m0/s1. The van der Waals surface area contributed by atoms with Crippen molar-refractivity contribution in [2.45, 2.75) is 25.3 Å². The molecular formula is C27H26N4O4S. The number of barbiturate groups is 1. The van der Waals surface area contributed by atoms with E-state index in [1.165, 1.54) is 11.3 Å². The molecule has 4 amide bonds. The highest BCUT2D eigenvalue weighted by Gasteiger charge is 2.56. The summed E-state index contributed by atoms with van der Waals surface area (Å²) >= 11 is 1.50. The molecule has 2 bridgehead atoms. The number of para-hydroxylation sites is 1. The highest BCUT2D eigenvalue weighted by molar-refractivity contribution is 7.09.